The van der Waals surface area contributed by atoms with Gasteiger partial charge in [-0.15, -0.1) is 5.10 Å². The molecule has 0 unspecified atom stereocenters. The van der Waals surface area contributed by atoms with Crippen LogP contribution in [0.4, 0.5) is 16.2 Å². The van der Waals surface area contributed by atoms with Gasteiger partial charge in [0.2, 0.25) is 0 Å². The lowest BCUT2D eigenvalue weighted by atomic mass is 9.99. The van der Waals surface area contributed by atoms with Crippen molar-refractivity contribution < 1.29 is 9.18 Å². The van der Waals surface area contributed by atoms with Gasteiger partial charge >= 0.3 is 0 Å². The van der Waals surface area contributed by atoms with Crippen LogP contribution in [0.2, 0.25) is 0 Å². The molecule has 10 nitrogen and oxygen atoms in total. The number of nitrogens with zero attached hydrogens (tertiary/aromatic N) is 8. The van der Waals surface area contributed by atoms with Crippen LogP contribution >= 0.6 is 0 Å². The van der Waals surface area contributed by atoms with Crippen molar-refractivity contribution in [3.05, 3.63) is 53.0 Å². The molecule has 154 valence electrons. The van der Waals surface area contributed by atoms with E-state index in [1.807, 2.05) is 4.90 Å². The summed E-state index contributed by atoms with van der Waals surface area (Å²) in [5.41, 5.74) is 3.33. The van der Waals surface area contributed by atoms with Crippen molar-refractivity contribution in [3.8, 4) is 0 Å². The predicted molar refractivity (Wildman–Crippen MR) is 107 cm³/mol. The Hall–Kier alpha value is -3.76. The largest absolute Gasteiger partial charge is 0.333 e. The Kier molecular flexibility index (Phi) is 5.17. The van der Waals surface area contributed by atoms with Crippen molar-refractivity contribution in [2.24, 2.45) is 7.05 Å². The average Bonchev–Trinajstić information content (AvgIpc) is 3.17. The molecule has 0 aromatic carbocycles. The lowest BCUT2D eigenvalue weighted by Gasteiger charge is -2.28. The zero-order valence-corrected chi connectivity index (χ0v) is 16.8. The molecule has 0 aliphatic carbocycles. The number of hydrogen-bond donors (Lipinski definition) is 1. The number of aryl methyl sites for hydroxylation is 1. The topological polar surface area (TPSA) is 115 Å². The summed E-state index contributed by atoms with van der Waals surface area (Å²) < 4.78 is 13.6. The van der Waals surface area contributed by atoms with Gasteiger partial charge in [-0.05, 0) is 31.1 Å². The minimum Gasteiger partial charge on any atom is -0.333 e. The average molecular weight is 409 g/mol. The molecule has 0 fully saturated rings. The first-order chi connectivity index (χ1) is 14.4. The van der Waals surface area contributed by atoms with Gasteiger partial charge in [0.15, 0.2) is 5.82 Å². The summed E-state index contributed by atoms with van der Waals surface area (Å²) in [6.07, 6.45) is 6.33. The molecule has 0 saturated carbocycles. The molecule has 30 heavy (non-hydrogen) atoms. The molecule has 3 aromatic rings. The van der Waals surface area contributed by atoms with Crippen LogP contribution in [0, 0.1) is 12.7 Å². The van der Waals surface area contributed by atoms with Gasteiger partial charge in [0, 0.05) is 24.8 Å². The van der Waals surface area contributed by atoms with E-state index in [0.717, 1.165) is 24.7 Å². The van der Waals surface area contributed by atoms with E-state index in [2.05, 4.69) is 42.6 Å². The number of pyridine rings is 1. The van der Waals surface area contributed by atoms with Gasteiger partial charge in [-0.3, -0.25) is 14.8 Å². The Balaban J connectivity index is 1.50. The van der Waals surface area contributed by atoms with Crippen LogP contribution in [0.5, 0.6) is 0 Å². The van der Waals surface area contributed by atoms with Crippen molar-refractivity contribution in [2.45, 2.75) is 20.3 Å². The first-order valence-electron chi connectivity index (χ1n) is 9.34. The Morgan fingerprint density at radius 3 is 2.70 bits per heavy atom. The predicted octanol–water partition coefficient (Wildman–Crippen LogP) is 1.78. The molecule has 0 bridgehead atoms. The van der Waals surface area contributed by atoms with E-state index in [1.165, 1.54) is 29.7 Å². The molecule has 0 radical (unpaired) electrons. The normalized spacial score (nSPS) is 14.2. The molecule has 1 aliphatic heterocycles. The van der Waals surface area contributed by atoms with Gasteiger partial charge in [-0.2, -0.15) is 4.80 Å². The molecule has 4 heterocycles. The summed E-state index contributed by atoms with van der Waals surface area (Å²) in [6, 6.07) is 0. The fourth-order valence-electron chi connectivity index (χ4n) is 3.19. The Morgan fingerprint density at radius 1 is 1.17 bits per heavy atom. The van der Waals surface area contributed by atoms with Gasteiger partial charge in [0.1, 0.15) is 5.82 Å². The van der Waals surface area contributed by atoms with E-state index < -0.39 is 11.7 Å². The standard InChI is InChI=1S/C19H20FN9O/c1-11-4-5-29(19-25-27-28(3)26-19)10-14(11)16-8-23-17(9-22-16)24-18(30)13-6-21-7-15(20)12(13)2/h6-9H,4-5,10H2,1-3H3,(H,23,24,30). The number of tetrazole rings is 1. The van der Waals surface area contributed by atoms with Crippen LogP contribution in [0.15, 0.2) is 30.4 Å². The number of rotatable bonds is 4. The first-order valence-corrected chi connectivity index (χ1v) is 9.34. The highest BCUT2D eigenvalue weighted by molar-refractivity contribution is 6.04. The highest BCUT2D eigenvalue weighted by atomic mass is 19.1. The second-order valence-electron chi connectivity index (χ2n) is 7.04. The maximum atomic E-state index is 13.6. The van der Waals surface area contributed by atoms with Gasteiger partial charge in [0.25, 0.3) is 11.9 Å². The van der Waals surface area contributed by atoms with E-state index in [9.17, 15) is 9.18 Å². The van der Waals surface area contributed by atoms with E-state index in [1.54, 1.807) is 13.2 Å². The number of hydrogen-bond acceptors (Lipinski definition) is 8. The number of amides is 1. The summed E-state index contributed by atoms with van der Waals surface area (Å²) in [5, 5.41) is 14.8. The Labute approximate surface area is 171 Å². The molecule has 11 heteroatoms. The van der Waals surface area contributed by atoms with E-state index in [4.69, 9.17) is 0 Å². The Bertz CT molecular complexity index is 1120. The van der Waals surface area contributed by atoms with E-state index >= 15 is 0 Å². The SMILES string of the molecule is CC1=C(c2cnc(NC(=O)c3cncc(F)c3C)cn2)CN(c2nnn(C)n2)CC1. The number of halogens is 1. The zero-order valence-electron chi connectivity index (χ0n) is 16.8. The summed E-state index contributed by atoms with van der Waals surface area (Å²) in [4.78, 5) is 28.3. The summed E-state index contributed by atoms with van der Waals surface area (Å²) in [7, 11) is 1.72. The minimum atomic E-state index is -0.536. The van der Waals surface area contributed by atoms with Crippen LogP contribution in [-0.2, 0) is 7.05 Å². The van der Waals surface area contributed by atoms with Crippen molar-refractivity contribution in [1.29, 1.82) is 0 Å². The first kappa shape index (κ1) is 19.6. The quantitative estimate of drug-likeness (QED) is 0.693. The lowest BCUT2D eigenvalue weighted by molar-refractivity contribution is 0.102. The van der Waals surface area contributed by atoms with Gasteiger partial charge in [-0.25, -0.2) is 9.37 Å². The summed E-state index contributed by atoms with van der Waals surface area (Å²) in [6.45, 7) is 4.97. The summed E-state index contributed by atoms with van der Waals surface area (Å²) >= 11 is 0. The van der Waals surface area contributed by atoms with E-state index in [0.29, 0.717) is 18.2 Å². The fourth-order valence-corrected chi connectivity index (χ4v) is 3.19. The van der Waals surface area contributed by atoms with Crippen molar-refractivity contribution in [1.82, 2.24) is 35.2 Å². The molecule has 3 aromatic heterocycles. The van der Waals surface area contributed by atoms with Crippen LogP contribution in [0.3, 0.4) is 0 Å². The fraction of sp³-hybridized carbons (Fsp3) is 0.316. The molecule has 1 amide bonds. The number of carbonyl (C=O) groups excluding carboxylic acids is 1. The highest BCUT2D eigenvalue weighted by Crippen LogP contribution is 2.27. The third-order valence-electron chi connectivity index (χ3n) is 5.00. The van der Waals surface area contributed by atoms with Gasteiger partial charge in [0.05, 0.1) is 36.9 Å². The highest BCUT2D eigenvalue weighted by Gasteiger charge is 2.22. The minimum absolute atomic E-state index is 0.152. The second-order valence-corrected chi connectivity index (χ2v) is 7.04. The van der Waals surface area contributed by atoms with Crippen LogP contribution < -0.4 is 10.2 Å². The molecule has 0 atom stereocenters. The number of anilines is 2. The number of nitrogens with one attached hydrogen (secondary N) is 1. The molecular weight excluding hydrogens is 389 g/mol. The third-order valence-corrected chi connectivity index (χ3v) is 5.00. The molecule has 0 spiro atoms. The molecular formula is C19H20FN9O. The third kappa shape index (κ3) is 3.86. The van der Waals surface area contributed by atoms with E-state index in [-0.39, 0.29) is 16.9 Å². The molecule has 1 aliphatic rings. The van der Waals surface area contributed by atoms with Crippen molar-refractivity contribution >= 4 is 23.2 Å². The maximum Gasteiger partial charge on any atom is 0.266 e. The molecule has 4 rings (SSSR count). The zero-order chi connectivity index (χ0) is 21.3. The molecule has 0 saturated heterocycles. The van der Waals surface area contributed by atoms with Gasteiger partial charge < -0.3 is 10.2 Å². The summed E-state index contributed by atoms with van der Waals surface area (Å²) in [5.74, 6) is -0.187. The number of carbonyl (C=O) groups is 1. The van der Waals surface area contributed by atoms with Crippen LogP contribution in [-0.4, -0.2) is 54.2 Å². The number of aromatic nitrogens is 7. The van der Waals surface area contributed by atoms with Crippen LogP contribution in [0.25, 0.3) is 5.57 Å². The van der Waals surface area contributed by atoms with Crippen molar-refractivity contribution in [3.63, 3.8) is 0 Å². The monoisotopic (exact) mass is 409 g/mol. The smallest absolute Gasteiger partial charge is 0.266 e. The maximum absolute atomic E-state index is 13.6. The Morgan fingerprint density at radius 2 is 2.00 bits per heavy atom. The molecule has 1 N–H and O–H groups in total. The second kappa shape index (κ2) is 7.93. The lowest BCUT2D eigenvalue weighted by Crippen LogP contribution is -2.32. The van der Waals surface area contributed by atoms with Crippen molar-refractivity contribution in [2.75, 3.05) is 23.3 Å². The van der Waals surface area contributed by atoms with Crippen LogP contribution in [0.1, 0.15) is 35.0 Å². The van der Waals surface area contributed by atoms with Gasteiger partial charge in [-0.1, -0.05) is 10.7 Å².